The summed E-state index contributed by atoms with van der Waals surface area (Å²) in [7, 11) is 1.31. The summed E-state index contributed by atoms with van der Waals surface area (Å²) in [6, 6.07) is 8.17. The summed E-state index contributed by atoms with van der Waals surface area (Å²) in [5.74, 6) is -3.92. The number of hydrogen-bond acceptors (Lipinski definition) is 6. The Kier molecular flexibility index (Phi) is 9.13. The van der Waals surface area contributed by atoms with Gasteiger partial charge in [-0.1, -0.05) is 6.07 Å². The Bertz CT molecular complexity index is 731. The minimum Gasteiger partial charge on any atom is -0.506 e. The number of phenolic OH excluding ortho intramolecular Hbond substituents is 1. The van der Waals surface area contributed by atoms with Crippen molar-refractivity contribution in [2.24, 2.45) is 5.73 Å². The Balaban J connectivity index is 0.000000777. The molecule has 2 aromatic rings. The van der Waals surface area contributed by atoms with E-state index >= 15 is 0 Å². The van der Waals surface area contributed by atoms with E-state index < -0.39 is 23.9 Å². The van der Waals surface area contributed by atoms with Crippen molar-refractivity contribution in [1.82, 2.24) is 4.57 Å². The summed E-state index contributed by atoms with van der Waals surface area (Å²) in [6.45, 7) is 0. The molecule has 1 heterocycles. The predicted octanol–water partition coefficient (Wildman–Crippen LogP) is -0.443. The molecule has 0 radical (unpaired) electrons. The van der Waals surface area contributed by atoms with E-state index in [1.54, 1.807) is 22.8 Å². The lowest BCUT2D eigenvalue weighted by Crippen LogP contribution is -2.33. The predicted molar refractivity (Wildman–Crippen MR) is 90.0 cm³/mol. The van der Waals surface area contributed by atoms with Gasteiger partial charge in [0.1, 0.15) is 11.8 Å². The zero-order chi connectivity index (χ0) is 19.0. The normalized spacial score (nSPS) is 10.5. The molecule has 0 aliphatic carbocycles. The van der Waals surface area contributed by atoms with Gasteiger partial charge in [-0.15, -0.1) is 0 Å². The molecule has 142 valence electrons. The van der Waals surface area contributed by atoms with Crippen LogP contribution in [-0.4, -0.2) is 56.4 Å². The number of nitrogens with zero attached hydrogens (tertiary/aromatic N) is 1. The SMILES string of the molecule is COC(=O)[C@@H](N)Cc1ccc(O)c(-n2cccc2)c1.O.O=C(O)C(=O)O. The molecule has 1 atom stereocenters. The number of hydrogen-bond donors (Lipinski definition) is 4. The molecule has 10 nitrogen and oxygen atoms in total. The number of methoxy groups -OCH3 is 1. The van der Waals surface area contributed by atoms with Crippen LogP contribution < -0.4 is 5.73 Å². The van der Waals surface area contributed by atoms with E-state index in [0.717, 1.165) is 5.56 Å². The van der Waals surface area contributed by atoms with Crippen LogP contribution in [0.2, 0.25) is 0 Å². The molecule has 0 aliphatic heterocycles. The molecule has 2 rings (SSSR count). The van der Waals surface area contributed by atoms with E-state index in [1.165, 1.54) is 7.11 Å². The molecule has 0 unspecified atom stereocenters. The van der Waals surface area contributed by atoms with E-state index in [-0.39, 0.29) is 11.2 Å². The second-order valence-electron chi connectivity index (χ2n) is 4.86. The minimum absolute atomic E-state index is 0. The highest BCUT2D eigenvalue weighted by molar-refractivity contribution is 6.27. The van der Waals surface area contributed by atoms with Gasteiger partial charge in [-0.3, -0.25) is 4.79 Å². The third-order valence-electron chi connectivity index (χ3n) is 3.06. The maximum atomic E-state index is 11.3. The van der Waals surface area contributed by atoms with Gasteiger partial charge in [-0.05, 0) is 36.2 Å². The molecule has 26 heavy (non-hydrogen) atoms. The van der Waals surface area contributed by atoms with Gasteiger partial charge >= 0.3 is 17.9 Å². The van der Waals surface area contributed by atoms with E-state index in [0.29, 0.717) is 12.1 Å². The number of carboxylic acid groups (broad SMARTS) is 2. The van der Waals surface area contributed by atoms with Crippen molar-refractivity contribution in [3.8, 4) is 11.4 Å². The molecule has 0 saturated heterocycles. The Morgan fingerprint density at radius 2 is 1.69 bits per heavy atom. The van der Waals surface area contributed by atoms with Crippen LogP contribution in [-0.2, 0) is 25.5 Å². The van der Waals surface area contributed by atoms with Crippen LogP contribution in [0.15, 0.2) is 42.7 Å². The third kappa shape index (κ3) is 6.63. The highest BCUT2D eigenvalue weighted by atomic mass is 16.5. The molecule has 10 heteroatoms. The van der Waals surface area contributed by atoms with Gasteiger partial charge in [-0.25, -0.2) is 9.59 Å². The lowest BCUT2D eigenvalue weighted by Gasteiger charge is -2.12. The van der Waals surface area contributed by atoms with E-state index in [1.807, 2.05) is 24.5 Å². The number of aromatic nitrogens is 1. The van der Waals surface area contributed by atoms with Gasteiger partial charge in [0.25, 0.3) is 0 Å². The lowest BCUT2D eigenvalue weighted by atomic mass is 10.1. The van der Waals surface area contributed by atoms with Crippen molar-refractivity contribution in [3.63, 3.8) is 0 Å². The van der Waals surface area contributed by atoms with Gasteiger partial charge in [0.15, 0.2) is 0 Å². The number of aliphatic carboxylic acids is 2. The second kappa shape index (κ2) is 10.5. The van der Waals surface area contributed by atoms with Crippen LogP contribution in [0.4, 0.5) is 0 Å². The van der Waals surface area contributed by atoms with E-state index in [9.17, 15) is 9.90 Å². The standard InChI is InChI=1S/C14H16N2O3.C2H2O4.H2O/c1-19-14(18)11(15)8-10-4-5-13(17)12(9-10)16-6-2-3-7-16;3-1(4)2(5)6;/h2-7,9,11,17H,8,15H2,1H3;(H,3,4)(H,5,6);1H2/t11-;;/m0../s1. The van der Waals surface area contributed by atoms with Gasteiger partial charge < -0.3 is 35.8 Å². The average Bonchev–Trinajstić information content (AvgIpc) is 3.10. The number of ether oxygens (including phenoxy) is 1. The summed E-state index contributed by atoms with van der Waals surface area (Å²) in [6.07, 6.45) is 4.03. The van der Waals surface area contributed by atoms with Gasteiger partial charge in [0, 0.05) is 12.4 Å². The molecule has 1 aromatic carbocycles. The molecule has 0 amide bonds. The first-order valence-corrected chi connectivity index (χ1v) is 7.01. The van der Waals surface area contributed by atoms with Crippen LogP contribution in [0.25, 0.3) is 5.69 Å². The first-order valence-electron chi connectivity index (χ1n) is 7.01. The summed E-state index contributed by atoms with van der Waals surface area (Å²) in [5, 5.41) is 24.6. The summed E-state index contributed by atoms with van der Waals surface area (Å²) >= 11 is 0. The second-order valence-corrected chi connectivity index (χ2v) is 4.86. The molecule has 7 N–H and O–H groups in total. The van der Waals surface area contributed by atoms with Crippen molar-refractivity contribution in [1.29, 1.82) is 0 Å². The topological polar surface area (TPSA) is 184 Å². The molecule has 1 aromatic heterocycles. The Labute approximate surface area is 148 Å². The fourth-order valence-electron chi connectivity index (χ4n) is 1.89. The highest BCUT2D eigenvalue weighted by Crippen LogP contribution is 2.23. The average molecular weight is 368 g/mol. The zero-order valence-corrected chi connectivity index (χ0v) is 13.8. The van der Waals surface area contributed by atoms with Gasteiger partial charge in [0.2, 0.25) is 0 Å². The van der Waals surface area contributed by atoms with Crippen LogP contribution in [0.1, 0.15) is 5.56 Å². The van der Waals surface area contributed by atoms with E-state index in [2.05, 4.69) is 4.74 Å². The number of benzene rings is 1. The van der Waals surface area contributed by atoms with Crippen molar-refractivity contribution in [2.75, 3.05) is 7.11 Å². The number of carbonyl (C=O) groups is 3. The summed E-state index contributed by atoms with van der Waals surface area (Å²) < 4.78 is 6.39. The van der Waals surface area contributed by atoms with Crippen molar-refractivity contribution >= 4 is 17.9 Å². The Morgan fingerprint density at radius 3 is 2.15 bits per heavy atom. The maximum Gasteiger partial charge on any atom is 0.414 e. The van der Waals surface area contributed by atoms with Crippen molar-refractivity contribution in [2.45, 2.75) is 12.5 Å². The first-order chi connectivity index (χ1) is 11.8. The van der Waals surface area contributed by atoms with Crippen LogP contribution in [0.3, 0.4) is 0 Å². The third-order valence-corrected chi connectivity index (χ3v) is 3.06. The minimum atomic E-state index is -1.82. The highest BCUT2D eigenvalue weighted by Gasteiger charge is 2.15. The number of aromatic hydroxyl groups is 1. The molecular formula is C16H20N2O8. The largest absolute Gasteiger partial charge is 0.506 e. The zero-order valence-electron chi connectivity index (χ0n) is 13.8. The Morgan fingerprint density at radius 1 is 1.15 bits per heavy atom. The van der Waals surface area contributed by atoms with Gasteiger partial charge in [0.05, 0.1) is 12.8 Å². The molecule has 0 saturated carbocycles. The maximum absolute atomic E-state index is 11.3. The number of phenols is 1. The summed E-state index contributed by atoms with van der Waals surface area (Å²) in [4.78, 5) is 29.5. The molecular weight excluding hydrogens is 348 g/mol. The fourth-order valence-corrected chi connectivity index (χ4v) is 1.89. The number of esters is 1. The monoisotopic (exact) mass is 368 g/mol. The Hall–Kier alpha value is -3.37. The number of rotatable bonds is 4. The fraction of sp³-hybridized carbons (Fsp3) is 0.188. The van der Waals surface area contributed by atoms with Crippen LogP contribution >= 0.6 is 0 Å². The smallest absolute Gasteiger partial charge is 0.414 e. The lowest BCUT2D eigenvalue weighted by molar-refractivity contribution is -0.159. The number of carboxylic acids is 2. The number of nitrogens with two attached hydrogens (primary N) is 1. The van der Waals surface area contributed by atoms with Crippen molar-refractivity contribution in [3.05, 3.63) is 48.3 Å². The molecule has 0 bridgehead atoms. The van der Waals surface area contributed by atoms with Crippen molar-refractivity contribution < 1.29 is 39.9 Å². The van der Waals surface area contributed by atoms with Gasteiger partial charge in [-0.2, -0.15) is 0 Å². The van der Waals surface area contributed by atoms with E-state index in [4.69, 9.17) is 25.5 Å². The molecule has 0 fully saturated rings. The molecule has 0 aliphatic rings. The quantitative estimate of drug-likeness (QED) is 0.413. The first kappa shape index (κ1) is 22.6. The molecule has 0 spiro atoms. The van der Waals surface area contributed by atoms with Crippen LogP contribution in [0, 0.1) is 0 Å². The van der Waals surface area contributed by atoms with Crippen LogP contribution in [0.5, 0.6) is 5.75 Å². The number of carbonyl (C=O) groups excluding carboxylic acids is 1. The summed E-state index contributed by atoms with van der Waals surface area (Å²) in [5.41, 5.74) is 7.24.